The molecule has 0 spiro atoms. The number of nitrogens with one attached hydrogen (secondary N) is 4. The minimum Gasteiger partial charge on any atom is -0.369 e. The first-order valence-electron chi connectivity index (χ1n) is 15.8. The van der Waals surface area contributed by atoms with Gasteiger partial charge in [0.2, 0.25) is 15.9 Å². The van der Waals surface area contributed by atoms with E-state index in [2.05, 4.69) is 43.0 Å². The van der Waals surface area contributed by atoms with Gasteiger partial charge in [0.25, 0.3) is 5.91 Å². The van der Waals surface area contributed by atoms with Crippen LogP contribution in [0.3, 0.4) is 0 Å². The SMILES string of the molecule is CN1CCN(c2ccc(C(=O)Nc3n[nH]c4c3CN(S(=O)(=O)c3cc(F)cc(F)c3)CC4(C)C)c(NC(=O)C3CCCCN3)c2)CC1. The molecule has 2 fully saturated rings. The van der Waals surface area contributed by atoms with Crippen LogP contribution in [0.5, 0.6) is 0 Å². The molecule has 4 heterocycles. The van der Waals surface area contributed by atoms with Crippen molar-refractivity contribution in [3.63, 3.8) is 0 Å². The maximum absolute atomic E-state index is 14.0. The van der Waals surface area contributed by atoms with Crippen molar-refractivity contribution in [3.05, 3.63) is 64.9 Å². The van der Waals surface area contributed by atoms with Gasteiger partial charge in [-0.15, -0.1) is 0 Å². The second-order valence-corrected chi connectivity index (χ2v) is 15.1. The van der Waals surface area contributed by atoms with E-state index < -0.39 is 37.9 Å². The maximum Gasteiger partial charge on any atom is 0.258 e. The zero-order chi connectivity index (χ0) is 33.5. The van der Waals surface area contributed by atoms with Crippen molar-refractivity contribution in [3.8, 4) is 0 Å². The molecule has 15 heteroatoms. The summed E-state index contributed by atoms with van der Waals surface area (Å²) >= 11 is 0. The van der Waals surface area contributed by atoms with Crippen molar-refractivity contribution in [2.45, 2.75) is 56.0 Å². The van der Waals surface area contributed by atoms with Crippen molar-refractivity contribution in [2.75, 3.05) is 61.8 Å². The number of halogens is 2. The first-order chi connectivity index (χ1) is 22.3. The van der Waals surface area contributed by atoms with Gasteiger partial charge in [0.05, 0.1) is 22.2 Å². The number of H-pyrrole nitrogens is 1. The lowest BCUT2D eigenvalue weighted by atomic mass is 9.84. The second-order valence-electron chi connectivity index (χ2n) is 13.2. The lowest BCUT2D eigenvalue weighted by Crippen LogP contribution is -2.45. The Balaban J connectivity index is 1.29. The first-order valence-corrected chi connectivity index (χ1v) is 17.2. The van der Waals surface area contributed by atoms with E-state index in [4.69, 9.17) is 0 Å². The molecule has 252 valence electrons. The minimum absolute atomic E-state index is 0.00911. The van der Waals surface area contributed by atoms with E-state index in [0.29, 0.717) is 29.4 Å². The van der Waals surface area contributed by atoms with Gasteiger partial charge in [0.1, 0.15) is 11.6 Å². The third kappa shape index (κ3) is 6.89. The summed E-state index contributed by atoms with van der Waals surface area (Å²) in [5.41, 5.74) is 1.75. The van der Waals surface area contributed by atoms with Crippen LogP contribution in [0.15, 0.2) is 41.3 Å². The standard InChI is InChI=1S/C32H40F2N8O4S/c1-32(2)19-42(47(45,46)23-15-20(33)14-21(34)16-23)18-25-28(32)38-39-29(25)37-30(43)24-8-7-22(41-12-10-40(3)11-13-41)17-27(24)36-31(44)26-6-4-5-9-35-26/h7-8,14-17,26,35H,4-6,9-13,18-19H2,1-3H3,(H,36,44)(H2,37,38,39,43). The predicted octanol–water partition coefficient (Wildman–Crippen LogP) is 3.25. The third-order valence-corrected chi connectivity index (χ3v) is 10.9. The number of hydrogen-bond donors (Lipinski definition) is 4. The minimum atomic E-state index is -4.31. The van der Waals surface area contributed by atoms with Gasteiger partial charge in [0.15, 0.2) is 5.82 Å². The number of likely N-dealkylation sites (N-methyl/N-ethyl adjacent to an activating group) is 1. The highest BCUT2D eigenvalue weighted by Gasteiger charge is 2.41. The summed E-state index contributed by atoms with van der Waals surface area (Å²) in [5.74, 6) is -2.64. The quantitative estimate of drug-likeness (QED) is 0.300. The molecule has 2 amide bonds. The number of carbonyl (C=O) groups is 2. The molecule has 0 radical (unpaired) electrons. The van der Waals surface area contributed by atoms with E-state index in [9.17, 15) is 26.8 Å². The number of piperidine rings is 1. The summed E-state index contributed by atoms with van der Waals surface area (Å²) in [4.78, 5) is 31.1. The highest BCUT2D eigenvalue weighted by molar-refractivity contribution is 7.89. The largest absolute Gasteiger partial charge is 0.369 e. The van der Waals surface area contributed by atoms with Gasteiger partial charge in [-0.2, -0.15) is 9.40 Å². The summed E-state index contributed by atoms with van der Waals surface area (Å²) in [6.07, 6.45) is 2.63. The third-order valence-electron chi connectivity index (χ3n) is 9.16. The van der Waals surface area contributed by atoms with Gasteiger partial charge in [0, 0.05) is 67.7 Å². The highest BCUT2D eigenvalue weighted by Crippen LogP contribution is 2.38. The summed E-state index contributed by atoms with van der Waals surface area (Å²) in [5, 5.41) is 16.3. The van der Waals surface area contributed by atoms with E-state index in [0.717, 1.165) is 67.7 Å². The number of aromatic nitrogens is 2. The Morgan fingerprint density at radius 1 is 1.00 bits per heavy atom. The van der Waals surface area contributed by atoms with Crippen LogP contribution < -0.4 is 20.9 Å². The molecule has 0 saturated carbocycles. The molecule has 3 aromatic rings. The number of amides is 2. The zero-order valence-electron chi connectivity index (χ0n) is 26.7. The molecule has 3 aliphatic heterocycles. The van der Waals surface area contributed by atoms with E-state index >= 15 is 0 Å². The molecule has 2 aromatic carbocycles. The molecular weight excluding hydrogens is 630 g/mol. The van der Waals surface area contributed by atoms with E-state index in [1.807, 2.05) is 26.0 Å². The van der Waals surface area contributed by atoms with Crippen LogP contribution in [0.25, 0.3) is 0 Å². The molecule has 0 aliphatic carbocycles. The fraction of sp³-hybridized carbons (Fsp3) is 0.469. The lowest BCUT2D eigenvalue weighted by molar-refractivity contribution is -0.118. The maximum atomic E-state index is 14.0. The van der Waals surface area contributed by atoms with Gasteiger partial charge < -0.3 is 25.8 Å². The van der Waals surface area contributed by atoms with Gasteiger partial charge in [-0.25, -0.2) is 17.2 Å². The number of rotatable bonds is 7. The smallest absolute Gasteiger partial charge is 0.258 e. The first kappa shape index (κ1) is 33.0. The molecule has 47 heavy (non-hydrogen) atoms. The summed E-state index contributed by atoms with van der Waals surface area (Å²) in [7, 11) is -2.24. The number of benzene rings is 2. The van der Waals surface area contributed by atoms with E-state index in [1.165, 1.54) is 0 Å². The fourth-order valence-corrected chi connectivity index (χ4v) is 8.11. The Morgan fingerprint density at radius 2 is 1.72 bits per heavy atom. The number of carbonyl (C=O) groups excluding carboxylic acids is 2. The number of aromatic amines is 1. The normalized spacial score (nSPS) is 20.4. The van der Waals surface area contributed by atoms with Crippen LogP contribution in [0, 0.1) is 11.6 Å². The number of nitrogens with zero attached hydrogens (tertiary/aromatic N) is 4. The van der Waals surface area contributed by atoms with Crippen molar-refractivity contribution >= 4 is 39.0 Å². The van der Waals surface area contributed by atoms with E-state index in [-0.39, 0.29) is 36.4 Å². The molecule has 12 nitrogen and oxygen atoms in total. The van der Waals surface area contributed by atoms with Crippen LogP contribution in [-0.2, 0) is 26.8 Å². The van der Waals surface area contributed by atoms with Crippen LogP contribution >= 0.6 is 0 Å². The molecular formula is C32H40F2N8O4S. The van der Waals surface area contributed by atoms with Crippen molar-refractivity contribution in [1.82, 2.24) is 24.7 Å². The number of hydrogen-bond acceptors (Lipinski definition) is 8. The molecule has 4 N–H and O–H groups in total. The molecule has 1 aromatic heterocycles. The van der Waals surface area contributed by atoms with Crippen LogP contribution in [-0.4, -0.2) is 92.0 Å². The van der Waals surface area contributed by atoms with Gasteiger partial charge >= 0.3 is 0 Å². The molecule has 3 aliphatic rings. The number of fused-ring (bicyclic) bond motifs is 1. The Kier molecular flexibility index (Phi) is 9.09. The summed E-state index contributed by atoms with van der Waals surface area (Å²) < 4.78 is 56.2. The Bertz CT molecular complexity index is 1760. The number of piperazine rings is 1. The van der Waals surface area contributed by atoms with Crippen molar-refractivity contribution in [2.24, 2.45) is 0 Å². The Morgan fingerprint density at radius 3 is 2.40 bits per heavy atom. The zero-order valence-corrected chi connectivity index (χ0v) is 27.5. The Labute approximate surface area is 272 Å². The number of anilines is 3. The molecule has 0 bridgehead atoms. The second kappa shape index (κ2) is 12.9. The Hall–Kier alpha value is -3.92. The van der Waals surface area contributed by atoms with Gasteiger partial charge in [-0.1, -0.05) is 20.3 Å². The van der Waals surface area contributed by atoms with Gasteiger partial charge in [-0.05, 0) is 56.8 Å². The highest BCUT2D eigenvalue weighted by atomic mass is 32.2. The van der Waals surface area contributed by atoms with Crippen LogP contribution in [0.4, 0.5) is 26.0 Å². The fourth-order valence-electron chi connectivity index (χ4n) is 6.50. The lowest BCUT2D eigenvalue weighted by Gasteiger charge is -2.36. The average molecular weight is 671 g/mol. The van der Waals surface area contributed by atoms with Crippen molar-refractivity contribution in [1.29, 1.82) is 0 Å². The average Bonchev–Trinajstić information content (AvgIpc) is 3.44. The predicted molar refractivity (Wildman–Crippen MR) is 174 cm³/mol. The topological polar surface area (TPSA) is 143 Å². The summed E-state index contributed by atoms with van der Waals surface area (Å²) in [6, 6.07) is 7.15. The molecule has 1 unspecified atom stereocenters. The van der Waals surface area contributed by atoms with Crippen molar-refractivity contribution < 1.29 is 26.8 Å². The monoisotopic (exact) mass is 670 g/mol. The molecule has 6 rings (SSSR count). The van der Waals surface area contributed by atoms with Crippen LogP contribution in [0.1, 0.15) is 54.7 Å². The molecule has 2 saturated heterocycles. The molecule has 1 atom stereocenters. The van der Waals surface area contributed by atoms with Gasteiger partial charge in [-0.3, -0.25) is 14.7 Å². The van der Waals surface area contributed by atoms with E-state index in [1.54, 1.807) is 6.07 Å². The van der Waals surface area contributed by atoms with Crippen LogP contribution in [0.2, 0.25) is 0 Å². The summed E-state index contributed by atoms with van der Waals surface area (Å²) in [6.45, 7) is 7.57. The number of sulfonamides is 1.